The second-order valence-corrected chi connectivity index (χ2v) is 8.80. The Balaban J connectivity index is 1.85. The van der Waals surface area contributed by atoms with E-state index in [0.717, 1.165) is 20.9 Å². The van der Waals surface area contributed by atoms with Crippen molar-refractivity contribution in [2.45, 2.75) is 19.9 Å². The Morgan fingerprint density at radius 2 is 2.04 bits per heavy atom. The standard InChI is InChI=1S/C15H16N4O2S2/c1-2-23(20,21)19-8-5-11-12(9-19)22-15-13(11)14(16-10-17-15)18-6-3-4-7-18/h3-4,6-7,10H,2,5,8-9H2,1H3. The number of fused-ring (bicyclic) bond motifs is 3. The van der Waals surface area contributed by atoms with Crippen molar-refractivity contribution in [1.82, 2.24) is 18.8 Å². The van der Waals surface area contributed by atoms with Gasteiger partial charge >= 0.3 is 0 Å². The molecule has 0 fully saturated rings. The van der Waals surface area contributed by atoms with E-state index in [9.17, 15) is 8.42 Å². The SMILES string of the molecule is CCS(=O)(=O)N1CCc2c(sc3ncnc(-n4cccc4)c23)C1. The summed E-state index contributed by atoms with van der Waals surface area (Å²) in [5.74, 6) is 1.01. The van der Waals surface area contributed by atoms with Crippen LogP contribution in [0.3, 0.4) is 0 Å². The highest BCUT2D eigenvalue weighted by atomic mass is 32.2. The van der Waals surface area contributed by atoms with Gasteiger partial charge in [0.1, 0.15) is 17.0 Å². The van der Waals surface area contributed by atoms with Crippen molar-refractivity contribution >= 4 is 31.6 Å². The summed E-state index contributed by atoms with van der Waals surface area (Å²) in [6.45, 7) is 2.65. The molecule has 0 saturated heterocycles. The van der Waals surface area contributed by atoms with Crippen molar-refractivity contribution in [3.63, 3.8) is 0 Å². The summed E-state index contributed by atoms with van der Waals surface area (Å²) in [5, 5.41) is 1.05. The van der Waals surface area contributed by atoms with Crippen molar-refractivity contribution in [3.8, 4) is 5.82 Å². The van der Waals surface area contributed by atoms with Crippen LogP contribution in [0, 0.1) is 0 Å². The zero-order valence-electron chi connectivity index (χ0n) is 12.6. The number of thiophene rings is 1. The first-order valence-electron chi connectivity index (χ1n) is 7.46. The van der Waals surface area contributed by atoms with Crippen molar-refractivity contribution in [3.05, 3.63) is 41.3 Å². The van der Waals surface area contributed by atoms with E-state index in [4.69, 9.17) is 0 Å². The predicted molar refractivity (Wildman–Crippen MR) is 90.3 cm³/mol. The average molecular weight is 348 g/mol. The fourth-order valence-electron chi connectivity index (χ4n) is 2.98. The van der Waals surface area contributed by atoms with Gasteiger partial charge in [-0.15, -0.1) is 11.3 Å². The Morgan fingerprint density at radius 1 is 1.26 bits per heavy atom. The van der Waals surface area contributed by atoms with Gasteiger partial charge in [0, 0.05) is 30.4 Å². The van der Waals surface area contributed by atoms with Crippen LogP contribution in [0.15, 0.2) is 30.9 Å². The molecule has 0 N–H and O–H groups in total. The third-order valence-corrected chi connectivity index (χ3v) is 7.14. The fraction of sp³-hybridized carbons (Fsp3) is 0.333. The van der Waals surface area contributed by atoms with Crippen LogP contribution in [-0.2, 0) is 23.0 Å². The minimum absolute atomic E-state index is 0.141. The zero-order valence-corrected chi connectivity index (χ0v) is 14.3. The third-order valence-electron chi connectivity index (χ3n) is 4.19. The van der Waals surface area contributed by atoms with Gasteiger partial charge in [0.25, 0.3) is 0 Å². The Morgan fingerprint density at radius 3 is 2.78 bits per heavy atom. The van der Waals surface area contributed by atoms with Crippen molar-refractivity contribution in [1.29, 1.82) is 0 Å². The third kappa shape index (κ3) is 2.37. The lowest BCUT2D eigenvalue weighted by Gasteiger charge is -2.25. The largest absolute Gasteiger partial charge is 0.308 e. The minimum atomic E-state index is -3.16. The summed E-state index contributed by atoms with van der Waals surface area (Å²) in [6, 6.07) is 3.92. The van der Waals surface area contributed by atoms with E-state index in [0.29, 0.717) is 19.5 Å². The van der Waals surface area contributed by atoms with Crippen molar-refractivity contribution < 1.29 is 8.42 Å². The van der Waals surface area contributed by atoms with E-state index in [2.05, 4.69) is 9.97 Å². The first-order valence-corrected chi connectivity index (χ1v) is 9.89. The molecule has 0 unspecified atom stereocenters. The fourth-order valence-corrected chi connectivity index (χ4v) is 5.32. The van der Waals surface area contributed by atoms with Crippen LogP contribution in [0.25, 0.3) is 16.0 Å². The molecule has 0 bridgehead atoms. The van der Waals surface area contributed by atoms with E-state index in [1.54, 1.807) is 28.9 Å². The highest BCUT2D eigenvalue weighted by Crippen LogP contribution is 2.37. The maximum atomic E-state index is 12.1. The van der Waals surface area contributed by atoms with E-state index >= 15 is 0 Å². The Labute approximate surface area is 138 Å². The first kappa shape index (κ1) is 14.8. The summed E-state index contributed by atoms with van der Waals surface area (Å²) < 4.78 is 27.8. The molecule has 23 heavy (non-hydrogen) atoms. The van der Waals surface area contributed by atoms with Crippen molar-refractivity contribution in [2.24, 2.45) is 0 Å². The molecule has 3 aromatic rings. The Bertz CT molecular complexity index is 961. The summed E-state index contributed by atoms with van der Waals surface area (Å²) >= 11 is 1.57. The van der Waals surface area contributed by atoms with Crippen LogP contribution >= 0.6 is 11.3 Å². The molecular formula is C15H16N4O2S2. The maximum Gasteiger partial charge on any atom is 0.214 e. The van der Waals surface area contributed by atoms with Crippen LogP contribution in [0.2, 0.25) is 0 Å². The van der Waals surface area contributed by atoms with E-state index in [1.807, 2.05) is 29.1 Å². The van der Waals surface area contributed by atoms with Gasteiger partial charge in [-0.25, -0.2) is 18.4 Å². The van der Waals surface area contributed by atoms with Gasteiger partial charge in [0.2, 0.25) is 10.0 Å². The molecule has 0 radical (unpaired) electrons. The molecule has 0 aliphatic carbocycles. The topological polar surface area (TPSA) is 68.1 Å². The lowest BCUT2D eigenvalue weighted by molar-refractivity contribution is 0.397. The molecule has 0 spiro atoms. The smallest absolute Gasteiger partial charge is 0.214 e. The molecule has 0 amide bonds. The molecular weight excluding hydrogens is 332 g/mol. The summed E-state index contributed by atoms with van der Waals surface area (Å²) in [6.07, 6.45) is 6.20. The molecule has 4 heterocycles. The molecule has 0 aromatic carbocycles. The van der Waals surface area contributed by atoms with Gasteiger partial charge in [-0.05, 0) is 31.0 Å². The first-order chi connectivity index (χ1) is 11.1. The van der Waals surface area contributed by atoms with Gasteiger partial charge in [-0.2, -0.15) is 4.31 Å². The second-order valence-electron chi connectivity index (χ2n) is 5.46. The van der Waals surface area contributed by atoms with Gasteiger partial charge in [0.15, 0.2) is 0 Å². The quantitative estimate of drug-likeness (QED) is 0.728. The van der Waals surface area contributed by atoms with Crippen LogP contribution < -0.4 is 0 Å². The number of sulfonamides is 1. The Kier molecular flexibility index (Phi) is 3.47. The van der Waals surface area contributed by atoms with Gasteiger partial charge < -0.3 is 4.57 Å². The van der Waals surface area contributed by atoms with E-state index in [1.165, 1.54) is 5.56 Å². The van der Waals surface area contributed by atoms with Gasteiger partial charge in [-0.1, -0.05) is 0 Å². The van der Waals surface area contributed by atoms with Crippen LogP contribution in [0.5, 0.6) is 0 Å². The lowest BCUT2D eigenvalue weighted by atomic mass is 10.1. The molecule has 1 aliphatic heterocycles. The summed E-state index contributed by atoms with van der Waals surface area (Å²) in [5.41, 5.74) is 1.19. The normalized spacial score (nSPS) is 15.9. The molecule has 6 nitrogen and oxygen atoms in total. The van der Waals surface area contributed by atoms with Gasteiger partial charge in [-0.3, -0.25) is 0 Å². The molecule has 1 aliphatic rings. The number of hydrogen-bond donors (Lipinski definition) is 0. The zero-order chi connectivity index (χ0) is 16.0. The second kappa shape index (κ2) is 5.40. The molecule has 120 valence electrons. The van der Waals surface area contributed by atoms with Crippen LogP contribution in [0.4, 0.5) is 0 Å². The number of aromatic nitrogens is 3. The number of nitrogens with zero attached hydrogens (tertiary/aromatic N) is 4. The average Bonchev–Trinajstić information content (AvgIpc) is 3.21. The van der Waals surface area contributed by atoms with E-state index < -0.39 is 10.0 Å². The highest BCUT2D eigenvalue weighted by Gasteiger charge is 2.29. The minimum Gasteiger partial charge on any atom is -0.308 e. The molecule has 0 saturated carbocycles. The monoisotopic (exact) mass is 348 g/mol. The number of rotatable bonds is 3. The molecule has 0 atom stereocenters. The molecule has 4 rings (SSSR count). The molecule has 8 heteroatoms. The van der Waals surface area contributed by atoms with Crippen LogP contribution in [-0.4, -0.2) is 39.6 Å². The summed E-state index contributed by atoms with van der Waals surface area (Å²) in [7, 11) is -3.16. The van der Waals surface area contributed by atoms with E-state index in [-0.39, 0.29) is 5.75 Å². The summed E-state index contributed by atoms with van der Waals surface area (Å²) in [4.78, 5) is 10.8. The maximum absolute atomic E-state index is 12.1. The Hall–Kier alpha value is -1.77. The lowest BCUT2D eigenvalue weighted by Crippen LogP contribution is -2.36. The molecule has 3 aromatic heterocycles. The number of hydrogen-bond acceptors (Lipinski definition) is 5. The predicted octanol–water partition coefficient (Wildman–Crippen LogP) is 2.19. The van der Waals surface area contributed by atoms with Crippen molar-refractivity contribution in [2.75, 3.05) is 12.3 Å². The van der Waals surface area contributed by atoms with Crippen LogP contribution in [0.1, 0.15) is 17.4 Å². The van der Waals surface area contributed by atoms with Gasteiger partial charge in [0.05, 0.1) is 11.1 Å². The highest BCUT2D eigenvalue weighted by molar-refractivity contribution is 7.89.